The van der Waals surface area contributed by atoms with Gasteiger partial charge in [0.1, 0.15) is 29.1 Å². The second kappa shape index (κ2) is 9.90. The van der Waals surface area contributed by atoms with Crippen molar-refractivity contribution < 1.29 is 44.6 Å². The third-order valence-corrected chi connectivity index (χ3v) is 5.42. The number of para-hydroxylation sites is 1. The highest BCUT2D eigenvalue weighted by Gasteiger charge is 2.48. The van der Waals surface area contributed by atoms with Crippen LogP contribution in [0.2, 0.25) is 10.0 Å². The SMILES string of the molecule is O=C(O)Cc1ccccc1Nc1c(Cl)ccc(OC2O[C@H](C(=O)O)[C@@H](O)[C@H](O)[C@H]2O)c1Cl. The average Bonchev–Trinajstić information content (AvgIpc) is 2.73. The molecule has 0 radical (unpaired) electrons. The summed E-state index contributed by atoms with van der Waals surface area (Å²) in [4.78, 5) is 22.4. The second-order valence-corrected chi connectivity index (χ2v) is 7.73. The second-order valence-electron chi connectivity index (χ2n) is 6.94. The van der Waals surface area contributed by atoms with E-state index in [0.29, 0.717) is 11.3 Å². The smallest absolute Gasteiger partial charge is 0.335 e. The van der Waals surface area contributed by atoms with Crippen LogP contribution in [0.15, 0.2) is 36.4 Å². The van der Waals surface area contributed by atoms with Gasteiger partial charge in [0.2, 0.25) is 6.29 Å². The quantitative estimate of drug-likeness (QED) is 0.337. The van der Waals surface area contributed by atoms with Crippen LogP contribution in [0.4, 0.5) is 11.4 Å². The number of hydrogen-bond acceptors (Lipinski definition) is 8. The first-order valence-electron chi connectivity index (χ1n) is 9.24. The Balaban J connectivity index is 1.89. The van der Waals surface area contributed by atoms with E-state index >= 15 is 0 Å². The summed E-state index contributed by atoms with van der Waals surface area (Å²) in [5, 5.41) is 51.2. The van der Waals surface area contributed by atoms with Crippen molar-refractivity contribution >= 4 is 46.5 Å². The number of halogens is 2. The summed E-state index contributed by atoms with van der Waals surface area (Å²) in [6.45, 7) is 0. The first-order chi connectivity index (χ1) is 15.1. The third kappa shape index (κ3) is 5.07. The molecule has 1 aliphatic heterocycles. The van der Waals surface area contributed by atoms with Gasteiger partial charge in [-0.05, 0) is 23.8 Å². The molecule has 1 fully saturated rings. The molecule has 1 heterocycles. The molecule has 172 valence electrons. The number of carboxylic acid groups (broad SMARTS) is 2. The maximum Gasteiger partial charge on any atom is 0.335 e. The molecular weight excluding hydrogens is 469 g/mol. The number of ether oxygens (including phenoxy) is 2. The van der Waals surface area contributed by atoms with E-state index in [2.05, 4.69) is 5.32 Å². The van der Waals surface area contributed by atoms with Crippen molar-refractivity contribution in [2.75, 3.05) is 5.32 Å². The zero-order valence-corrected chi connectivity index (χ0v) is 17.7. The number of aliphatic hydroxyl groups is 3. The molecule has 0 aromatic heterocycles. The van der Waals surface area contributed by atoms with Crippen molar-refractivity contribution in [1.82, 2.24) is 0 Å². The summed E-state index contributed by atoms with van der Waals surface area (Å²) in [5.74, 6) is -2.67. The highest BCUT2D eigenvalue weighted by atomic mass is 35.5. The molecule has 6 N–H and O–H groups in total. The van der Waals surface area contributed by atoms with Crippen LogP contribution >= 0.6 is 23.2 Å². The summed E-state index contributed by atoms with van der Waals surface area (Å²) < 4.78 is 10.6. The van der Waals surface area contributed by atoms with Gasteiger partial charge in [-0.15, -0.1) is 0 Å². The summed E-state index contributed by atoms with van der Waals surface area (Å²) in [5.41, 5.74) is 1.05. The largest absolute Gasteiger partial charge is 0.481 e. The van der Waals surface area contributed by atoms with Crippen LogP contribution in [-0.2, 0) is 20.7 Å². The van der Waals surface area contributed by atoms with Gasteiger partial charge in [0, 0.05) is 5.69 Å². The normalized spacial score (nSPS) is 25.2. The zero-order chi connectivity index (χ0) is 23.6. The number of carbonyl (C=O) groups is 2. The Hall–Kier alpha value is -2.60. The van der Waals surface area contributed by atoms with Gasteiger partial charge in [-0.25, -0.2) is 4.79 Å². The number of nitrogens with one attached hydrogen (secondary N) is 1. The number of anilines is 2. The van der Waals surface area contributed by atoms with Gasteiger partial charge in [-0.1, -0.05) is 41.4 Å². The molecule has 3 rings (SSSR count). The first-order valence-corrected chi connectivity index (χ1v) is 9.99. The Morgan fingerprint density at radius 2 is 1.69 bits per heavy atom. The Morgan fingerprint density at radius 1 is 1.00 bits per heavy atom. The fourth-order valence-electron chi connectivity index (χ4n) is 3.11. The summed E-state index contributed by atoms with van der Waals surface area (Å²) in [6.07, 6.45) is -9.26. The lowest BCUT2D eigenvalue weighted by molar-refractivity contribution is -0.271. The van der Waals surface area contributed by atoms with Gasteiger partial charge in [0.15, 0.2) is 6.10 Å². The number of aliphatic carboxylic acids is 2. The molecule has 1 saturated heterocycles. The zero-order valence-electron chi connectivity index (χ0n) is 16.2. The number of rotatable bonds is 7. The minimum atomic E-state index is -1.87. The molecule has 0 saturated carbocycles. The molecule has 0 bridgehead atoms. The lowest BCUT2D eigenvalue weighted by Crippen LogP contribution is -2.61. The molecular formula is C20H19Cl2NO9. The van der Waals surface area contributed by atoms with E-state index < -0.39 is 42.6 Å². The highest BCUT2D eigenvalue weighted by Crippen LogP contribution is 2.41. The molecule has 12 heteroatoms. The predicted octanol–water partition coefficient (Wildman–Crippen LogP) is 1.64. The van der Waals surface area contributed by atoms with Crippen LogP contribution in [0.25, 0.3) is 0 Å². The van der Waals surface area contributed by atoms with Crippen LogP contribution < -0.4 is 10.1 Å². The van der Waals surface area contributed by atoms with Gasteiger partial charge in [0.25, 0.3) is 0 Å². The highest BCUT2D eigenvalue weighted by molar-refractivity contribution is 6.40. The minimum absolute atomic E-state index is 0.0777. The fraction of sp³-hybridized carbons (Fsp3) is 0.300. The Labute approximate surface area is 191 Å². The molecule has 2 aromatic rings. The average molecular weight is 488 g/mol. The minimum Gasteiger partial charge on any atom is -0.481 e. The summed E-state index contributed by atoms with van der Waals surface area (Å²) in [6, 6.07) is 9.33. The van der Waals surface area contributed by atoms with Gasteiger partial charge in [-0.3, -0.25) is 4.79 Å². The van der Waals surface area contributed by atoms with Crippen molar-refractivity contribution in [1.29, 1.82) is 0 Å². The van der Waals surface area contributed by atoms with E-state index in [0.717, 1.165) is 0 Å². The molecule has 0 spiro atoms. The van der Waals surface area contributed by atoms with Crippen LogP contribution in [0, 0.1) is 0 Å². The van der Waals surface area contributed by atoms with E-state index in [1.807, 2.05) is 0 Å². The molecule has 32 heavy (non-hydrogen) atoms. The van der Waals surface area contributed by atoms with E-state index in [1.54, 1.807) is 24.3 Å². The fourth-order valence-corrected chi connectivity index (χ4v) is 3.62. The number of hydrogen-bond donors (Lipinski definition) is 6. The van der Waals surface area contributed by atoms with Gasteiger partial charge in [0.05, 0.1) is 17.1 Å². The topological polar surface area (TPSA) is 166 Å². The summed E-state index contributed by atoms with van der Waals surface area (Å²) >= 11 is 12.6. The standard InChI is InChI=1S/C20H19Cl2NO9/c21-9-5-6-11(31-20-17(28)15(26)16(27)18(32-20)19(29)30)13(22)14(9)23-10-4-2-1-3-8(10)7-12(24)25/h1-6,15-18,20,23,26-28H,7H2,(H,24,25)(H,29,30)/t15-,16-,17+,18-,20?/m0/s1. The molecule has 5 atom stereocenters. The number of carboxylic acids is 2. The Morgan fingerprint density at radius 3 is 2.34 bits per heavy atom. The van der Waals surface area contributed by atoms with Crippen molar-refractivity contribution in [2.45, 2.75) is 37.1 Å². The van der Waals surface area contributed by atoms with Crippen LogP contribution in [0.3, 0.4) is 0 Å². The third-order valence-electron chi connectivity index (χ3n) is 4.73. The van der Waals surface area contributed by atoms with E-state index in [1.165, 1.54) is 12.1 Å². The van der Waals surface area contributed by atoms with Crippen molar-refractivity contribution in [2.24, 2.45) is 0 Å². The maximum atomic E-state index is 11.3. The molecule has 2 aromatic carbocycles. The lowest BCUT2D eigenvalue weighted by atomic mass is 9.99. The Bertz CT molecular complexity index is 1020. The molecule has 10 nitrogen and oxygen atoms in total. The van der Waals surface area contributed by atoms with Crippen molar-refractivity contribution in [3.05, 3.63) is 52.0 Å². The lowest BCUT2D eigenvalue weighted by Gasteiger charge is -2.38. The van der Waals surface area contributed by atoms with E-state index in [4.69, 9.17) is 42.9 Å². The number of benzene rings is 2. The van der Waals surface area contributed by atoms with Gasteiger partial charge < -0.3 is 40.3 Å². The number of aliphatic hydroxyl groups excluding tert-OH is 3. The maximum absolute atomic E-state index is 11.3. The van der Waals surface area contributed by atoms with E-state index in [-0.39, 0.29) is 27.9 Å². The van der Waals surface area contributed by atoms with Gasteiger partial charge in [-0.2, -0.15) is 0 Å². The van der Waals surface area contributed by atoms with Crippen LogP contribution in [0.1, 0.15) is 5.56 Å². The molecule has 1 unspecified atom stereocenters. The first kappa shape index (κ1) is 24.1. The van der Waals surface area contributed by atoms with Crippen LogP contribution in [-0.4, -0.2) is 68.2 Å². The van der Waals surface area contributed by atoms with Crippen LogP contribution in [0.5, 0.6) is 5.75 Å². The van der Waals surface area contributed by atoms with Crippen molar-refractivity contribution in [3.63, 3.8) is 0 Å². The Kier molecular flexibility index (Phi) is 7.44. The monoisotopic (exact) mass is 487 g/mol. The molecule has 0 aliphatic carbocycles. The molecule has 1 aliphatic rings. The summed E-state index contributed by atoms with van der Waals surface area (Å²) in [7, 11) is 0. The predicted molar refractivity (Wildman–Crippen MR) is 112 cm³/mol. The van der Waals surface area contributed by atoms with E-state index in [9.17, 15) is 24.9 Å². The molecule has 0 amide bonds. The van der Waals surface area contributed by atoms with Crippen molar-refractivity contribution in [3.8, 4) is 5.75 Å². The van der Waals surface area contributed by atoms with Gasteiger partial charge >= 0.3 is 11.9 Å².